The molecule has 2 aromatic heterocycles. The van der Waals surface area contributed by atoms with Crippen molar-refractivity contribution in [1.82, 2.24) is 14.6 Å². The lowest BCUT2D eigenvalue weighted by molar-refractivity contribution is 0.111. The second-order valence-electron chi connectivity index (χ2n) is 6.67. The van der Waals surface area contributed by atoms with Crippen molar-refractivity contribution in [3.63, 3.8) is 0 Å². The fraction of sp³-hybridized carbons (Fsp3) is 0.353. The Labute approximate surface area is 143 Å². The zero-order valence-corrected chi connectivity index (χ0v) is 14.5. The molecule has 1 aliphatic rings. The summed E-state index contributed by atoms with van der Waals surface area (Å²) < 4.78 is 12.8. The second-order valence-corrected chi connectivity index (χ2v) is 7.63. The largest absolute Gasteiger partial charge is 0.486 e. The summed E-state index contributed by atoms with van der Waals surface area (Å²) in [4.78, 5) is 17.0. The van der Waals surface area contributed by atoms with Crippen LogP contribution in [0.3, 0.4) is 0 Å². The first-order valence-corrected chi connectivity index (χ1v) is 8.54. The van der Waals surface area contributed by atoms with E-state index in [9.17, 15) is 4.79 Å². The Hall–Kier alpha value is -2.41. The van der Waals surface area contributed by atoms with Gasteiger partial charge in [0.05, 0.1) is 0 Å². The van der Waals surface area contributed by atoms with Crippen molar-refractivity contribution in [3.8, 4) is 22.8 Å². The lowest BCUT2D eigenvalue weighted by Gasteiger charge is -2.18. The molecule has 1 aliphatic heterocycles. The first-order chi connectivity index (χ1) is 11.5. The predicted octanol–water partition coefficient (Wildman–Crippen LogP) is 3.34. The summed E-state index contributed by atoms with van der Waals surface area (Å²) in [5.41, 5.74) is 1.80. The van der Waals surface area contributed by atoms with Gasteiger partial charge in [-0.2, -0.15) is 9.61 Å². The van der Waals surface area contributed by atoms with E-state index in [1.807, 2.05) is 18.2 Å². The molecule has 0 amide bonds. The highest BCUT2D eigenvalue weighted by atomic mass is 32.1. The molecule has 1 aromatic carbocycles. The monoisotopic (exact) mass is 343 g/mol. The van der Waals surface area contributed by atoms with E-state index < -0.39 is 0 Å². The van der Waals surface area contributed by atoms with Crippen LogP contribution in [0, 0.1) is 0 Å². The maximum Gasteiger partial charge on any atom is 0.213 e. The number of imidazole rings is 1. The van der Waals surface area contributed by atoms with E-state index in [4.69, 9.17) is 9.47 Å². The molecule has 0 aliphatic carbocycles. The first-order valence-electron chi connectivity index (χ1n) is 7.72. The average molecular weight is 343 g/mol. The number of rotatable bonds is 2. The highest BCUT2D eigenvalue weighted by Crippen LogP contribution is 2.36. The Morgan fingerprint density at radius 3 is 2.67 bits per heavy atom. The number of aromatic nitrogens is 3. The van der Waals surface area contributed by atoms with Gasteiger partial charge in [0.15, 0.2) is 17.8 Å². The lowest BCUT2D eigenvalue weighted by Crippen LogP contribution is -2.15. The van der Waals surface area contributed by atoms with E-state index in [1.54, 1.807) is 4.52 Å². The molecule has 6 nitrogen and oxygen atoms in total. The molecule has 124 valence electrons. The fourth-order valence-electron chi connectivity index (χ4n) is 2.58. The quantitative estimate of drug-likeness (QED) is 0.668. The van der Waals surface area contributed by atoms with Gasteiger partial charge in [-0.3, -0.25) is 4.79 Å². The topological polar surface area (TPSA) is 65.7 Å². The van der Waals surface area contributed by atoms with Gasteiger partial charge in [0.1, 0.15) is 29.6 Å². The number of hydrogen-bond donors (Lipinski definition) is 0. The van der Waals surface area contributed by atoms with Gasteiger partial charge in [0, 0.05) is 11.0 Å². The number of ether oxygens (including phenoxy) is 2. The highest BCUT2D eigenvalue weighted by Gasteiger charge is 2.24. The van der Waals surface area contributed by atoms with Crippen LogP contribution in [0.2, 0.25) is 0 Å². The van der Waals surface area contributed by atoms with E-state index >= 15 is 0 Å². The van der Waals surface area contributed by atoms with Gasteiger partial charge in [-0.15, -0.1) is 0 Å². The van der Waals surface area contributed by atoms with Gasteiger partial charge >= 0.3 is 0 Å². The van der Waals surface area contributed by atoms with Crippen molar-refractivity contribution in [3.05, 3.63) is 28.9 Å². The molecule has 0 bridgehead atoms. The number of fused-ring (bicyclic) bond motifs is 2. The molecular weight excluding hydrogens is 326 g/mol. The third-order valence-electron chi connectivity index (χ3n) is 3.81. The number of carbonyl (C=O) groups is 1. The highest BCUT2D eigenvalue weighted by molar-refractivity contribution is 7.16. The standard InChI is InChI=1S/C17H17N3O3S/c1-17(2,3)15-19-20-11(9-21)14(18-16(20)24-15)10-4-5-12-13(8-10)23-7-6-22-12/h4-5,8-9H,6-7H2,1-3H3. The average Bonchev–Trinajstić information content (AvgIpc) is 3.11. The molecule has 7 heteroatoms. The summed E-state index contributed by atoms with van der Waals surface area (Å²) in [6, 6.07) is 5.59. The lowest BCUT2D eigenvalue weighted by atomic mass is 9.98. The van der Waals surface area contributed by atoms with Crippen LogP contribution >= 0.6 is 11.3 Å². The van der Waals surface area contributed by atoms with Gasteiger partial charge in [0.25, 0.3) is 0 Å². The first kappa shape index (κ1) is 15.1. The number of nitrogens with zero attached hydrogens (tertiary/aromatic N) is 3. The van der Waals surface area contributed by atoms with Gasteiger partial charge in [-0.1, -0.05) is 32.1 Å². The Morgan fingerprint density at radius 2 is 1.96 bits per heavy atom. The van der Waals surface area contributed by atoms with Crippen LogP contribution in [0.4, 0.5) is 0 Å². The van der Waals surface area contributed by atoms with Crippen molar-refractivity contribution in [2.24, 2.45) is 0 Å². The molecule has 0 atom stereocenters. The van der Waals surface area contributed by atoms with E-state index in [-0.39, 0.29) is 5.41 Å². The molecule has 3 aromatic rings. The summed E-state index contributed by atoms with van der Waals surface area (Å²) in [6.45, 7) is 7.34. The Bertz CT molecular complexity index is 937. The van der Waals surface area contributed by atoms with E-state index in [0.717, 1.165) is 16.9 Å². The van der Waals surface area contributed by atoms with Crippen molar-refractivity contribution >= 4 is 22.6 Å². The fourth-order valence-corrected chi connectivity index (χ4v) is 3.54. The Kier molecular flexibility index (Phi) is 3.35. The van der Waals surface area contributed by atoms with Crippen LogP contribution in [-0.4, -0.2) is 34.1 Å². The minimum atomic E-state index is -0.0807. The van der Waals surface area contributed by atoms with Crippen molar-refractivity contribution in [1.29, 1.82) is 0 Å². The molecule has 3 heterocycles. The third kappa shape index (κ3) is 2.36. The van der Waals surface area contributed by atoms with Crippen LogP contribution in [0.15, 0.2) is 18.2 Å². The third-order valence-corrected chi connectivity index (χ3v) is 5.14. The van der Waals surface area contributed by atoms with Crippen LogP contribution in [0.5, 0.6) is 11.5 Å². The summed E-state index contributed by atoms with van der Waals surface area (Å²) >= 11 is 1.50. The molecule has 4 rings (SSSR count). The van der Waals surface area contributed by atoms with E-state index in [0.29, 0.717) is 41.1 Å². The zero-order valence-electron chi connectivity index (χ0n) is 13.7. The van der Waals surface area contributed by atoms with Gasteiger partial charge in [-0.25, -0.2) is 4.98 Å². The smallest absolute Gasteiger partial charge is 0.213 e. The van der Waals surface area contributed by atoms with Crippen LogP contribution < -0.4 is 9.47 Å². The Morgan fingerprint density at radius 1 is 1.21 bits per heavy atom. The normalized spacial score (nSPS) is 14.1. The van der Waals surface area contributed by atoms with Crippen molar-refractivity contribution < 1.29 is 14.3 Å². The van der Waals surface area contributed by atoms with Crippen molar-refractivity contribution in [2.75, 3.05) is 13.2 Å². The van der Waals surface area contributed by atoms with Crippen LogP contribution in [0.1, 0.15) is 36.3 Å². The minimum Gasteiger partial charge on any atom is -0.486 e. The molecular formula is C17H17N3O3S. The SMILES string of the molecule is CC(C)(C)c1nn2c(C=O)c(-c3ccc4c(c3)OCCO4)nc2s1. The molecule has 24 heavy (non-hydrogen) atoms. The number of benzene rings is 1. The summed E-state index contributed by atoms with van der Waals surface area (Å²) in [5, 5.41) is 5.52. The summed E-state index contributed by atoms with van der Waals surface area (Å²) in [7, 11) is 0. The molecule has 0 radical (unpaired) electrons. The van der Waals surface area contributed by atoms with E-state index in [1.165, 1.54) is 11.3 Å². The molecule has 0 spiro atoms. The summed E-state index contributed by atoms with van der Waals surface area (Å²) in [6.07, 6.45) is 0.804. The number of carbonyl (C=O) groups excluding carboxylic acids is 1. The molecule has 0 unspecified atom stereocenters. The van der Waals surface area contributed by atoms with Gasteiger partial charge < -0.3 is 9.47 Å². The molecule has 0 saturated heterocycles. The number of hydrogen-bond acceptors (Lipinski definition) is 6. The van der Waals surface area contributed by atoms with E-state index in [2.05, 4.69) is 30.9 Å². The molecule has 0 N–H and O–H groups in total. The van der Waals surface area contributed by atoms with Crippen molar-refractivity contribution in [2.45, 2.75) is 26.2 Å². The van der Waals surface area contributed by atoms with Gasteiger partial charge in [0.2, 0.25) is 4.96 Å². The zero-order chi connectivity index (χ0) is 16.9. The summed E-state index contributed by atoms with van der Waals surface area (Å²) in [5.74, 6) is 1.39. The molecule has 0 saturated carbocycles. The second kappa shape index (κ2) is 5.31. The van der Waals surface area contributed by atoms with Crippen LogP contribution in [0.25, 0.3) is 16.2 Å². The van der Waals surface area contributed by atoms with Crippen LogP contribution in [-0.2, 0) is 5.41 Å². The minimum absolute atomic E-state index is 0.0807. The Balaban J connectivity index is 1.85. The van der Waals surface area contributed by atoms with Gasteiger partial charge in [-0.05, 0) is 18.2 Å². The molecule has 0 fully saturated rings. The predicted molar refractivity (Wildman–Crippen MR) is 91.4 cm³/mol. The number of aldehydes is 1. The maximum absolute atomic E-state index is 11.7. The maximum atomic E-state index is 11.7.